The Morgan fingerprint density at radius 3 is 2.71 bits per heavy atom. The van der Waals surface area contributed by atoms with Crippen molar-refractivity contribution in [2.75, 3.05) is 18.6 Å². The van der Waals surface area contributed by atoms with Gasteiger partial charge in [-0.2, -0.15) is 0 Å². The summed E-state index contributed by atoms with van der Waals surface area (Å²) in [4.78, 5) is 4.34. The van der Waals surface area contributed by atoms with Gasteiger partial charge in [-0.15, -0.1) is 0 Å². The molecule has 1 fully saturated rings. The molecule has 0 spiro atoms. The second kappa shape index (κ2) is 6.17. The average molecular weight is 216 g/mol. The zero-order chi connectivity index (χ0) is 10.4. The fourth-order valence-corrected chi connectivity index (χ4v) is 2.36. The zero-order valence-corrected chi connectivity index (χ0v) is 9.68. The van der Waals surface area contributed by atoms with Crippen molar-refractivity contribution in [1.29, 1.82) is 0 Å². The molecular weight excluding hydrogens is 196 g/mol. The summed E-state index contributed by atoms with van der Waals surface area (Å²) in [6, 6.07) is 0. The molecule has 0 aromatic heterocycles. The minimum Gasteiger partial charge on any atom is -0.387 e. The van der Waals surface area contributed by atoms with E-state index in [9.17, 15) is 4.21 Å². The van der Waals surface area contributed by atoms with Crippen LogP contribution in [0.1, 0.15) is 32.1 Å². The minimum absolute atomic E-state index is 0.530. The molecule has 0 saturated heterocycles. The van der Waals surface area contributed by atoms with Crippen molar-refractivity contribution in [1.82, 2.24) is 0 Å². The van der Waals surface area contributed by atoms with E-state index in [4.69, 9.17) is 5.73 Å². The zero-order valence-electron chi connectivity index (χ0n) is 8.87. The Hall–Kier alpha value is -0.380. The van der Waals surface area contributed by atoms with Gasteiger partial charge in [0.2, 0.25) is 0 Å². The number of nitrogens with two attached hydrogens (primary N) is 1. The van der Waals surface area contributed by atoms with Gasteiger partial charge >= 0.3 is 0 Å². The van der Waals surface area contributed by atoms with Gasteiger partial charge in [0.15, 0.2) is 0 Å². The van der Waals surface area contributed by atoms with Crippen LogP contribution in [0.3, 0.4) is 0 Å². The van der Waals surface area contributed by atoms with E-state index in [-0.39, 0.29) is 0 Å². The second-order valence-electron chi connectivity index (χ2n) is 3.92. The quantitative estimate of drug-likeness (QED) is 0.428. The first kappa shape index (κ1) is 11.7. The highest BCUT2D eigenvalue weighted by Crippen LogP contribution is 2.24. The van der Waals surface area contributed by atoms with Gasteiger partial charge in [-0.25, -0.2) is 0 Å². The number of amidine groups is 1. The van der Waals surface area contributed by atoms with Gasteiger partial charge in [0, 0.05) is 35.3 Å². The predicted molar refractivity (Wildman–Crippen MR) is 62.0 cm³/mol. The number of rotatable bonds is 5. The highest BCUT2D eigenvalue weighted by atomic mass is 32.2. The van der Waals surface area contributed by atoms with E-state index >= 15 is 0 Å². The largest absolute Gasteiger partial charge is 0.387 e. The lowest BCUT2D eigenvalue weighted by atomic mass is 10.1. The molecule has 0 aliphatic heterocycles. The van der Waals surface area contributed by atoms with E-state index in [1.54, 1.807) is 6.26 Å². The van der Waals surface area contributed by atoms with Crippen molar-refractivity contribution in [2.24, 2.45) is 16.6 Å². The fraction of sp³-hybridized carbons (Fsp3) is 0.900. The smallest absolute Gasteiger partial charge is 0.0968 e. The Labute approximate surface area is 88.6 Å². The summed E-state index contributed by atoms with van der Waals surface area (Å²) < 4.78 is 10.8. The summed E-state index contributed by atoms with van der Waals surface area (Å²) >= 11 is 0. The van der Waals surface area contributed by atoms with Crippen LogP contribution in [-0.2, 0) is 10.8 Å². The van der Waals surface area contributed by atoms with Crippen molar-refractivity contribution in [3.63, 3.8) is 0 Å². The molecule has 0 aromatic carbocycles. The lowest BCUT2D eigenvalue weighted by Gasteiger charge is -2.07. The Kier molecular flexibility index (Phi) is 5.15. The summed E-state index contributed by atoms with van der Waals surface area (Å²) in [5.74, 6) is 2.09. The van der Waals surface area contributed by atoms with Gasteiger partial charge in [-0.3, -0.25) is 9.20 Å². The molecule has 1 saturated carbocycles. The Morgan fingerprint density at radius 2 is 2.14 bits per heavy atom. The molecule has 0 amide bonds. The molecular formula is C10H20N2OS. The highest BCUT2D eigenvalue weighted by molar-refractivity contribution is 7.84. The first-order valence-electron chi connectivity index (χ1n) is 5.30. The van der Waals surface area contributed by atoms with Crippen LogP contribution in [0.2, 0.25) is 0 Å². The van der Waals surface area contributed by atoms with E-state index in [2.05, 4.69) is 4.99 Å². The normalized spacial score (nSPS) is 21.4. The van der Waals surface area contributed by atoms with Crippen molar-refractivity contribution in [2.45, 2.75) is 32.1 Å². The third-order valence-electron chi connectivity index (χ3n) is 2.66. The minimum atomic E-state index is -0.692. The van der Waals surface area contributed by atoms with Crippen LogP contribution in [0.15, 0.2) is 4.99 Å². The van der Waals surface area contributed by atoms with Crippen molar-refractivity contribution >= 4 is 16.6 Å². The van der Waals surface area contributed by atoms with Crippen LogP contribution >= 0.6 is 0 Å². The molecule has 3 nitrogen and oxygen atoms in total. The molecule has 4 heteroatoms. The van der Waals surface area contributed by atoms with E-state index in [0.29, 0.717) is 5.92 Å². The first-order chi connectivity index (χ1) is 6.70. The molecule has 1 rings (SSSR count). The van der Waals surface area contributed by atoms with Gasteiger partial charge in [0.05, 0.1) is 5.84 Å². The van der Waals surface area contributed by atoms with Crippen LogP contribution < -0.4 is 5.73 Å². The topological polar surface area (TPSA) is 55.5 Å². The van der Waals surface area contributed by atoms with Crippen LogP contribution in [0.4, 0.5) is 0 Å². The molecule has 1 unspecified atom stereocenters. The molecule has 1 aliphatic carbocycles. The van der Waals surface area contributed by atoms with E-state index in [1.807, 2.05) is 0 Å². The van der Waals surface area contributed by atoms with Crippen molar-refractivity contribution < 1.29 is 4.21 Å². The van der Waals surface area contributed by atoms with E-state index in [1.165, 1.54) is 25.7 Å². The van der Waals surface area contributed by atoms with Crippen LogP contribution in [-0.4, -0.2) is 28.6 Å². The number of nitrogens with zero attached hydrogens (tertiary/aromatic N) is 1. The number of hydrogen-bond donors (Lipinski definition) is 1. The van der Waals surface area contributed by atoms with Crippen molar-refractivity contribution in [3.05, 3.63) is 0 Å². The SMILES string of the molecule is CS(=O)CCCN=C(N)C1CCCC1. The van der Waals surface area contributed by atoms with Gasteiger partial charge in [-0.05, 0) is 19.3 Å². The molecule has 0 bridgehead atoms. The Bertz CT molecular complexity index is 222. The molecule has 82 valence electrons. The summed E-state index contributed by atoms with van der Waals surface area (Å²) in [7, 11) is -0.692. The number of aliphatic imine (C=N–C) groups is 1. The third-order valence-corrected chi connectivity index (χ3v) is 3.52. The molecule has 0 radical (unpaired) electrons. The van der Waals surface area contributed by atoms with Gasteiger partial charge in [0.25, 0.3) is 0 Å². The monoisotopic (exact) mass is 216 g/mol. The molecule has 2 N–H and O–H groups in total. The number of hydrogen-bond acceptors (Lipinski definition) is 2. The third kappa shape index (κ3) is 4.22. The Morgan fingerprint density at radius 1 is 1.50 bits per heavy atom. The van der Waals surface area contributed by atoms with Gasteiger partial charge < -0.3 is 5.73 Å². The summed E-state index contributed by atoms with van der Waals surface area (Å²) in [5, 5.41) is 0. The van der Waals surface area contributed by atoms with Crippen LogP contribution in [0.5, 0.6) is 0 Å². The maximum atomic E-state index is 10.8. The summed E-state index contributed by atoms with van der Waals surface area (Å²) in [6.45, 7) is 0.738. The maximum absolute atomic E-state index is 10.8. The molecule has 14 heavy (non-hydrogen) atoms. The van der Waals surface area contributed by atoms with E-state index < -0.39 is 10.8 Å². The first-order valence-corrected chi connectivity index (χ1v) is 7.02. The highest BCUT2D eigenvalue weighted by Gasteiger charge is 2.17. The van der Waals surface area contributed by atoms with E-state index in [0.717, 1.165) is 24.6 Å². The lowest BCUT2D eigenvalue weighted by molar-refractivity contribution is 0.683. The molecule has 1 aliphatic rings. The summed E-state index contributed by atoms with van der Waals surface area (Å²) in [5.41, 5.74) is 5.87. The average Bonchev–Trinajstić information content (AvgIpc) is 2.64. The second-order valence-corrected chi connectivity index (χ2v) is 5.47. The standard InChI is InChI=1S/C10H20N2OS/c1-14(13)8-4-7-12-10(11)9-5-2-3-6-9/h9H,2-8H2,1H3,(H2,11,12). The Balaban J connectivity index is 2.18. The molecule has 0 heterocycles. The van der Waals surface area contributed by atoms with Gasteiger partial charge in [-0.1, -0.05) is 12.8 Å². The van der Waals surface area contributed by atoms with Gasteiger partial charge in [0.1, 0.15) is 0 Å². The van der Waals surface area contributed by atoms with Crippen molar-refractivity contribution in [3.8, 4) is 0 Å². The maximum Gasteiger partial charge on any atom is 0.0968 e. The van der Waals surface area contributed by atoms with Crippen LogP contribution in [0.25, 0.3) is 0 Å². The predicted octanol–water partition coefficient (Wildman–Crippen LogP) is 1.30. The summed E-state index contributed by atoms with van der Waals surface area (Å²) in [6.07, 6.45) is 7.60. The lowest BCUT2D eigenvalue weighted by Crippen LogP contribution is -2.21. The fourth-order valence-electron chi connectivity index (χ4n) is 1.83. The molecule has 1 atom stereocenters. The van der Waals surface area contributed by atoms with Crippen LogP contribution in [0, 0.1) is 5.92 Å². The molecule has 0 aromatic rings.